The summed E-state index contributed by atoms with van der Waals surface area (Å²) < 4.78 is 0. The third-order valence-corrected chi connectivity index (χ3v) is 8.11. The highest BCUT2D eigenvalue weighted by molar-refractivity contribution is 8.00. The molecule has 2 aromatic rings. The number of rotatable bonds is 10. The van der Waals surface area contributed by atoms with Crippen LogP contribution in [-0.2, 0) is 24.0 Å². The van der Waals surface area contributed by atoms with E-state index in [1.165, 1.54) is 25.3 Å². The molecule has 222 valence electrons. The molecule has 18 heteroatoms. The number of carbonyl (C=O) groups excluding carboxylic acids is 3. The Labute approximate surface area is 244 Å². The maximum absolute atomic E-state index is 13.2. The fourth-order valence-electron chi connectivity index (χ4n) is 3.78. The highest BCUT2D eigenvalue weighted by Crippen LogP contribution is 2.40. The topological polar surface area (TPSA) is 254 Å². The molecule has 0 radical (unpaired) electrons. The van der Waals surface area contributed by atoms with Gasteiger partial charge in [0.1, 0.15) is 22.8 Å². The molecule has 0 spiro atoms. The van der Waals surface area contributed by atoms with Crippen LogP contribution < -0.4 is 16.4 Å². The van der Waals surface area contributed by atoms with E-state index in [0.29, 0.717) is 0 Å². The lowest BCUT2D eigenvalue weighted by Gasteiger charge is -2.49. The third-order valence-electron chi connectivity index (χ3n) is 6.10. The van der Waals surface area contributed by atoms with Crippen molar-refractivity contribution >= 4 is 63.6 Å². The number of phenolic OH excluding ortho intramolecular Hbond substituents is 2. The summed E-state index contributed by atoms with van der Waals surface area (Å²) in [6.45, 7) is 2.19. The number of carboxylic acids is 2. The summed E-state index contributed by atoms with van der Waals surface area (Å²) in [6, 6.07) is 2.26. The van der Waals surface area contributed by atoms with E-state index in [1.807, 2.05) is 0 Å². The van der Waals surface area contributed by atoms with Crippen molar-refractivity contribution in [3.63, 3.8) is 0 Å². The van der Waals surface area contributed by atoms with Gasteiger partial charge in [0, 0.05) is 23.2 Å². The summed E-state index contributed by atoms with van der Waals surface area (Å²) in [7, 11) is 0. The lowest BCUT2D eigenvalue weighted by molar-refractivity contribution is -0.161. The summed E-state index contributed by atoms with van der Waals surface area (Å²) in [5.74, 6) is -5.94. The third kappa shape index (κ3) is 5.93. The molecular weight excluding hydrogens is 596 g/mol. The molecule has 2 aliphatic rings. The molecule has 3 heterocycles. The Bertz CT molecular complexity index is 1550. The Morgan fingerprint density at radius 3 is 2.52 bits per heavy atom. The number of nitrogens with two attached hydrogens (primary N) is 1. The largest absolute Gasteiger partial charge is 0.504 e. The number of thioether (sulfide) groups is 1. The molecule has 0 saturated carbocycles. The van der Waals surface area contributed by atoms with Crippen molar-refractivity contribution in [2.24, 2.45) is 5.16 Å². The second-order valence-electron chi connectivity index (χ2n) is 9.42. The van der Waals surface area contributed by atoms with Crippen LogP contribution in [0.3, 0.4) is 0 Å². The van der Waals surface area contributed by atoms with Gasteiger partial charge in [-0.1, -0.05) is 5.16 Å². The van der Waals surface area contributed by atoms with Crippen LogP contribution in [-0.4, -0.2) is 95.0 Å². The van der Waals surface area contributed by atoms with Crippen molar-refractivity contribution in [1.29, 1.82) is 0 Å². The first-order valence-electron chi connectivity index (χ1n) is 11.9. The number of β-lactam (4-membered cyclic amide) rings is 1. The minimum Gasteiger partial charge on any atom is -0.504 e. The van der Waals surface area contributed by atoms with Crippen LogP contribution in [0, 0.1) is 0 Å². The lowest BCUT2D eigenvalue weighted by atomic mass is 10.0. The monoisotopic (exact) mass is 620 g/mol. The molecule has 1 fully saturated rings. The van der Waals surface area contributed by atoms with Gasteiger partial charge in [-0.2, -0.15) is 0 Å². The van der Waals surface area contributed by atoms with E-state index < -0.39 is 63.9 Å². The Kier molecular flexibility index (Phi) is 8.30. The molecule has 2 atom stereocenters. The van der Waals surface area contributed by atoms with Gasteiger partial charge >= 0.3 is 11.9 Å². The maximum atomic E-state index is 13.2. The quantitative estimate of drug-likeness (QED) is 0.0793. The first-order valence-corrected chi connectivity index (χ1v) is 13.9. The predicted molar refractivity (Wildman–Crippen MR) is 148 cm³/mol. The number of carbonyl (C=O) groups is 5. The van der Waals surface area contributed by atoms with E-state index in [0.717, 1.165) is 40.1 Å². The smallest absolute Gasteiger partial charge is 0.352 e. The number of thiazole rings is 1. The molecule has 1 saturated heterocycles. The highest BCUT2D eigenvalue weighted by atomic mass is 32.2. The van der Waals surface area contributed by atoms with Gasteiger partial charge in [0.05, 0.1) is 0 Å². The lowest BCUT2D eigenvalue weighted by Crippen LogP contribution is -2.71. The molecule has 0 unspecified atom stereocenters. The number of phenols is 2. The summed E-state index contributed by atoms with van der Waals surface area (Å²) >= 11 is 2.13. The number of aromatic nitrogens is 1. The summed E-state index contributed by atoms with van der Waals surface area (Å²) in [5, 5.41) is 47.6. The summed E-state index contributed by atoms with van der Waals surface area (Å²) in [5.41, 5.74) is 3.27. The molecule has 0 aliphatic carbocycles. The zero-order chi connectivity index (χ0) is 30.9. The summed E-state index contributed by atoms with van der Waals surface area (Å²) in [4.78, 5) is 72.3. The molecule has 3 amide bonds. The number of nitrogens with one attached hydrogen (secondary N) is 2. The van der Waals surface area contributed by atoms with Crippen molar-refractivity contribution in [3.8, 4) is 11.5 Å². The Balaban J connectivity index is 1.50. The molecule has 42 heavy (non-hydrogen) atoms. The van der Waals surface area contributed by atoms with Gasteiger partial charge in [-0.3, -0.25) is 19.3 Å². The maximum Gasteiger partial charge on any atom is 0.352 e. The van der Waals surface area contributed by atoms with Crippen molar-refractivity contribution in [2.75, 3.05) is 18.0 Å². The molecule has 2 aliphatic heterocycles. The van der Waals surface area contributed by atoms with Crippen LogP contribution in [0.25, 0.3) is 0 Å². The first-order chi connectivity index (χ1) is 19.7. The van der Waals surface area contributed by atoms with E-state index in [1.54, 1.807) is 0 Å². The predicted octanol–water partition coefficient (Wildman–Crippen LogP) is -0.111. The van der Waals surface area contributed by atoms with Gasteiger partial charge in [-0.15, -0.1) is 23.1 Å². The van der Waals surface area contributed by atoms with Gasteiger partial charge in [-0.05, 0) is 37.6 Å². The van der Waals surface area contributed by atoms with Crippen molar-refractivity contribution in [3.05, 3.63) is 46.1 Å². The Morgan fingerprint density at radius 1 is 1.21 bits per heavy atom. The van der Waals surface area contributed by atoms with Crippen LogP contribution in [0.2, 0.25) is 0 Å². The number of carboxylic acid groups (broad SMARTS) is 2. The molecule has 8 N–H and O–H groups in total. The minimum absolute atomic E-state index is 0.0157. The van der Waals surface area contributed by atoms with Crippen LogP contribution in [0.1, 0.15) is 29.9 Å². The molecule has 1 aromatic heterocycles. The number of oxime groups is 1. The van der Waals surface area contributed by atoms with Gasteiger partial charge in [0.25, 0.3) is 17.7 Å². The number of anilines is 1. The number of aliphatic carboxylic acids is 2. The second-order valence-corrected chi connectivity index (χ2v) is 11.4. The van der Waals surface area contributed by atoms with E-state index in [9.17, 15) is 44.4 Å². The number of fused-ring (bicyclic) bond motifs is 1. The van der Waals surface area contributed by atoms with Crippen LogP contribution >= 0.6 is 23.1 Å². The SMILES string of the molecule is CC(C)(O/N=C(\C(=O)N[C@@H]1C(=O)N2C(C(=O)O)=C(CNC(=O)c3ccc(O)c(O)c3)CS[C@H]12)c1csc(N)n1)C(=O)O. The normalized spacial score (nSPS) is 18.6. The molecule has 1 aromatic carbocycles. The molecule has 4 rings (SSSR count). The highest BCUT2D eigenvalue weighted by Gasteiger charge is 2.54. The van der Waals surface area contributed by atoms with E-state index in [4.69, 9.17) is 10.6 Å². The zero-order valence-corrected chi connectivity index (χ0v) is 23.5. The first kappa shape index (κ1) is 30.1. The van der Waals surface area contributed by atoms with Crippen LogP contribution in [0.15, 0.2) is 40.0 Å². The molecular formula is C24H24N6O10S2. The Morgan fingerprint density at radius 2 is 1.93 bits per heavy atom. The number of benzene rings is 1. The van der Waals surface area contributed by atoms with Crippen molar-refractivity contribution < 1.29 is 49.2 Å². The van der Waals surface area contributed by atoms with Crippen LogP contribution in [0.4, 0.5) is 5.13 Å². The Hall–Kier alpha value is -4.84. The average molecular weight is 621 g/mol. The van der Waals surface area contributed by atoms with Gasteiger partial charge in [0.2, 0.25) is 5.60 Å². The number of hydrogen-bond donors (Lipinski definition) is 7. The number of amides is 3. The van der Waals surface area contributed by atoms with Gasteiger partial charge in [0.15, 0.2) is 22.3 Å². The van der Waals surface area contributed by atoms with E-state index in [2.05, 4.69) is 20.8 Å². The summed E-state index contributed by atoms with van der Waals surface area (Å²) in [6.07, 6.45) is 0. The number of nitrogen functional groups attached to an aromatic ring is 1. The van der Waals surface area contributed by atoms with Crippen LogP contribution in [0.5, 0.6) is 11.5 Å². The number of hydrogen-bond acceptors (Lipinski definition) is 13. The van der Waals surface area contributed by atoms with E-state index >= 15 is 0 Å². The second kappa shape index (κ2) is 11.6. The van der Waals surface area contributed by atoms with Crippen molar-refractivity contribution in [1.82, 2.24) is 20.5 Å². The zero-order valence-electron chi connectivity index (χ0n) is 21.9. The standard InChI is InChI=1S/C24H24N6O10S2/c1-24(2,22(38)39)40-29-14(11-8-42-23(25)27-11)18(34)28-15-19(35)30-16(21(36)37)10(7-41-20(15)30)6-26-17(33)9-3-4-12(31)13(32)5-9/h3-5,8,15,20,31-32H,6-7H2,1-2H3,(H2,25,27)(H,26,33)(H,28,34)(H,36,37)(H,38,39)/b29-14-/t15-,20-/m1/s1. The number of nitrogens with zero attached hydrogens (tertiary/aromatic N) is 3. The van der Waals surface area contributed by atoms with E-state index in [-0.39, 0.29) is 40.0 Å². The minimum atomic E-state index is -1.80. The fourth-order valence-corrected chi connectivity index (χ4v) is 5.68. The molecule has 16 nitrogen and oxygen atoms in total. The van der Waals surface area contributed by atoms with Gasteiger partial charge < -0.3 is 41.6 Å². The average Bonchev–Trinajstić information content (AvgIpc) is 3.36. The van der Waals surface area contributed by atoms with Gasteiger partial charge in [-0.25, -0.2) is 14.6 Å². The molecule has 0 bridgehead atoms. The van der Waals surface area contributed by atoms with Crippen molar-refractivity contribution in [2.45, 2.75) is 30.9 Å². The fraction of sp³-hybridized carbons (Fsp3) is 0.292. The number of aromatic hydroxyl groups is 2.